The summed E-state index contributed by atoms with van der Waals surface area (Å²) in [5.41, 5.74) is 13.4. The number of fused-ring (bicyclic) bond motifs is 3. The number of primary amides is 1. The number of benzene rings is 2. The standard InChI is InChI=1S/C22H25N7O2/c1-31-15-8-6-7-14(13-15)20-27-21-16-9-2-3-10-17(16)25-22(29(21)28-20)26-18(19(24)30)11-4-5-12-23/h2-3,6-10,13,18H,4-5,11-12,23H2,1H3,(H2,24,30)(H,25,26). The Hall–Kier alpha value is -3.72. The minimum Gasteiger partial charge on any atom is -0.497 e. The lowest BCUT2D eigenvalue weighted by Crippen LogP contribution is -2.36. The van der Waals surface area contributed by atoms with E-state index in [1.165, 1.54) is 0 Å². The summed E-state index contributed by atoms with van der Waals surface area (Å²) >= 11 is 0. The fourth-order valence-corrected chi connectivity index (χ4v) is 3.47. The van der Waals surface area contributed by atoms with E-state index in [2.05, 4.69) is 15.4 Å². The molecule has 0 bridgehead atoms. The Labute approximate surface area is 179 Å². The smallest absolute Gasteiger partial charge is 0.240 e. The Morgan fingerprint density at radius 1 is 1.16 bits per heavy atom. The molecule has 2 aromatic heterocycles. The predicted molar refractivity (Wildman–Crippen MR) is 120 cm³/mol. The zero-order valence-electron chi connectivity index (χ0n) is 17.3. The number of amides is 1. The monoisotopic (exact) mass is 419 g/mol. The normalized spacial score (nSPS) is 12.2. The Bertz CT molecular complexity index is 1220. The Morgan fingerprint density at radius 2 is 2.00 bits per heavy atom. The van der Waals surface area contributed by atoms with Gasteiger partial charge in [0.15, 0.2) is 11.5 Å². The molecule has 9 heteroatoms. The van der Waals surface area contributed by atoms with Gasteiger partial charge in [-0.2, -0.15) is 4.52 Å². The number of nitrogens with two attached hydrogens (primary N) is 2. The molecule has 4 rings (SSSR count). The van der Waals surface area contributed by atoms with E-state index in [4.69, 9.17) is 21.2 Å². The molecular formula is C22H25N7O2. The molecule has 1 amide bonds. The third-order valence-electron chi connectivity index (χ3n) is 5.10. The minimum absolute atomic E-state index is 0.409. The summed E-state index contributed by atoms with van der Waals surface area (Å²) in [5, 5.41) is 8.69. The number of aromatic nitrogens is 4. The third kappa shape index (κ3) is 4.26. The molecule has 2 aromatic carbocycles. The lowest BCUT2D eigenvalue weighted by molar-refractivity contribution is -0.118. The van der Waals surface area contributed by atoms with Crippen LogP contribution < -0.4 is 21.5 Å². The highest BCUT2D eigenvalue weighted by atomic mass is 16.5. The lowest BCUT2D eigenvalue weighted by Gasteiger charge is -2.16. The van der Waals surface area contributed by atoms with E-state index < -0.39 is 11.9 Å². The van der Waals surface area contributed by atoms with Crippen LogP contribution >= 0.6 is 0 Å². The predicted octanol–water partition coefficient (Wildman–Crippen LogP) is 2.35. The molecule has 0 aliphatic carbocycles. The average molecular weight is 419 g/mol. The van der Waals surface area contributed by atoms with Crippen molar-refractivity contribution in [3.8, 4) is 17.1 Å². The van der Waals surface area contributed by atoms with Gasteiger partial charge in [0.05, 0.1) is 12.6 Å². The van der Waals surface area contributed by atoms with E-state index in [0.29, 0.717) is 36.1 Å². The fraction of sp³-hybridized carbons (Fsp3) is 0.273. The van der Waals surface area contributed by atoms with Gasteiger partial charge in [-0.05, 0) is 50.1 Å². The second kappa shape index (κ2) is 8.97. The van der Waals surface area contributed by atoms with Gasteiger partial charge in [-0.15, -0.1) is 5.10 Å². The molecule has 0 aliphatic rings. The second-order valence-electron chi connectivity index (χ2n) is 7.24. The highest BCUT2D eigenvalue weighted by Crippen LogP contribution is 2.26. The van der Waals surface area contributed by atoms with Gasteiger partial charge in [0.25, 0.3) is 0 Å². The zero-order chi connectivity index (χ0) is 21.8. The van der Waals surface area contributed by atoms with E-state index >= 15 is 0 Å². The summed E-state index contributed by atoms with van der Waals surface area (Å²) in [5.74, 6) is 1.20. The number of carbonyl (C=O) groups is 1. The van der Waals surface area contributed by atoms with Crippen LogP contribution in [0, 0.1) is 0 Å². The van der Waals surface area contributed by atoms with Crippen molar-refractivity contribution in [2.24, 2.45) is 11.5 Å². The molecule has 31 heavy (non-hydrogen) atoms. The van der Waals surface area contributed by atoms with Crippen molar-refractivity contribution in [1.82, 2.24) is 19.6 Å². The van der Waals surface area contributed by atoms with E-state index in [9.17, 15) is 4.79 Å². The number of unbranched alkanes of at least 4 members (excludes halogenated alkanes) is 1. The first-order chi connectivity index (χ1) is 15.1. The molecule has 0 radical (unpaired) electrons. The minimum atomic E-state index is -0.590. The molecule has 160 valence electrons. The van der Waals surface area contributed by atoms with Crippen molar-refractivity contribution in [3.05, 3.63) is 48.5 Å². The van der Waals surface area contributed by atoms with Crippen LogP contribution in [0.4, 0.5) is 5.95 Å². The summed E-state index contributed by atoms with van der Waals surface area (Å²) in [6, 6.07) is 14.6. The van der Waals surface area contributed by atoms with Crippen molar-refractivity contribution < 1.29 is 9.53 Å². The van der Waals surface area contributed by atoms with Crippen LogP contribution in [-0.2, 0) is 4.79 Å². The lowest BCUT2D eigenvalue weighted by atomic mass is 10.1. The van der Waals surface area contributed by atoms with Crippen LogP contribution in [0.3, 0.4) is 0 Å². The van der Waals surface area contributed by atoms with Gasteiger partial charge in [-0.1, -0.05) is 24.3 Å². The van der Waals surface area contributed by atoms with Crippen LogP contribution in [-0.4, -0.2) is 45.2 Å². The molecule has 2 heterocycles. The van der Waals surface area contributed by atoms with Crippen LogP contribution in [0.1, 0.15) is 19.3 Å². The highest BCUT2D eigenvalue weighted by molar-refractivity contribution is 5.93. The highest BCUT2D eigenvalue weighted by Gasteiger charge is 2.20. The van der Waals surface area contributed by atoms with Crippen LogP contribution in [0.2, 0.25) is 0 Å². The molecule has 5 N–H and O–H groups in total. The largest absolute Gasteiger partial charge is 0.497 e. The van der Waals surface area contributed by atoms with Gasteiger partial charge in [0.1, 0.15) is 11.8 Å². The maximum absolute atomic E-state index is 12.0. The number of rotatable bonds is 9. The first kappa shape index (κ1) is 20.5. The SMILES string of the molecule is COc1cccc(-c2nc3c4ccccc4nc(NC(CCCCN)C(N)=O)n3n2)c1. The first-order valence-corrected chi connectivity index (χ1v) is 10.2. The van der Waals surface area contributed by atoms with Crippen molar-refractivity contribution in [3.63, 3.8) is 0 Å². The van der Waals surface area contributed by atoms with Gasteiger partial charge in [-0.3, -0.25) is 4.79 Å². The molecule has 9 nitrogen and oxygen atoms in total. The van der Waals surface area contributed by atoms with Crippen LogP contribution in [0.5, 0.6) is 5.75 Å². The number of nitrogens with zero attached hydrogens (tertiary/aromatic N) is 4. The number of carbonyl (C=O) groups excluding carboxylic acids is 1. The number of hydrogen-bond donors (Lipinski definition) is 3. The molecule has 0 spiro atoms. The molecular weight excluding hydrogens is 394 g/mol. The number of methoxy groups -OCH3 is 1. The summed E-state index contributed by atoms with van der Waals surface area (Å²) in [6.07, 6.45) is 2.15. The quantitative estimate of drug-likeness (QED) is 0.355. The Balaban J connectivity index is 1.81. The first-order valence-electron chi connectivity index (χ1n) is 10.2. The molecule has 0 fully saturated rings. The van der Waals surface area contributed by atoms with Crippen LogP contribution in [0.25, 0.3) is 27.9 Å². The third-order valence-corrected chi connectivity index (χ3v) is 5.10. The summed E-state index contributed by atoms with van der Waals surface area (Å²) in [6.45, 7) is 0.566. The van der Waals surface area contributed by atoms with Crippen LogP contribution in [0.15, 0.2) is 48.5 Å². The second-order valence-corrected chi connectivity index (χ2v) is 7.24. The maximum Gasteiger partial charge on any atom is 0.240 e. The topological polar surface area (TPSA) is 133 Å². The van der Waals surface area contributed by atoms with Crippen molar-refractivity contribution >= 4 is 28.4 Å². The average Bonchev–Trinajstić information content (AvgIpc) is 3.24. The summed E-state index contributed by atoms with van der Waals surface area (Å²) < 4.78 is 6.94. The number of hydrogen-bond acceptors (Lipinski definition) is 7. The Morgan fingerprint density at radius 3 is 2.77 bits per heavy atom. The number of ether oxygens (including phenoxy) is 1. The van der Waals surface area contributed by atoms with Gasteiger partial charge >= 0.3 is 0 Å². The van der Waals surface area contributed by atoms with Gasteiger partial charge in [-0.25, -0.2) is 9.97 Å². The van der Waals surface area contributed by atoms with Gasteiger partial charge in [0.2, 0.25) is 11.9 Å². The van der Waals surface area contributed by atoms with E-state index in [0.717, 1.165) is 29.3 Å². The summed E-state index contributed by atoms with van der Waals surface area (Å²) in [4.78, 5) is 21.5. The molecule has 4 aromatic rings. The molecule has 0 saturated carbocycles. The van der Waals surface area contributed by atoms with E-state index in [1.807, 2.05) is 48.5 Å². The summed E-state index contributed by atoms with van der Waals surface area (Å²) in [7, 11) is 1.62. The van der Waals surface area contributed by atoms with Crippen molar-refractivity contribution in [1.29, 1.82) is 0 Å². The molecule has 0 aliphatic heterocycles. The zero-order valence-corrected chi connectivity index (χ0v) is 17.3. The van der Waals surface area contributed by atoms with Crippen molar-refractivity contribution in [2.75, 3.05) is 19.0 Å². The number of para-hydroxylation sites is 1. The van der Waals surface area contributed by atoms with Crippen molar-refractivity contribution in [2.45, 2.75) is 25.3 Å². The molecule has 0 saturated heterocycles. The molecule has 1 atom stereocenters. The Kier molecular flexibility index (Phi) is 5.94. The van der Waals surface area contributed by atoms with Gasteiger partial charge < -0.3 is 21.5 Å². The number of nitrogens with one attached hydrogen (secondary N) is 1. The van der Waals surface area contributed by atoms with Gasteiger partial charge in [0, 0.05) is 10.9 Å². The van der Waals surface area contributed by atoms with E-state index in [-0.39, 0.29) is 0 Å². The maximum atomic E-state index is 12.0. The number of anilines is 1. The molecule has 1 unspecified atom stereocenters. The fourth-order valence-electron chi connectivity index (χ4n) is 3.47. The van der Waals surface area contributed by atoms with E-state index in [1.54, 1.807) is 11.6 Å².